The van der Waals surface area contributed by atoms with Crippen LogP contribution in [0.4, 0.5) is 4.39 Å². The normalized spacial score (nSPS) is 11.8. The lowest BCUT2D eigenvalue weighted by Crippen LogP contribution is -2.11. The summed E-state index contributed by atoms with van der Waals surface area (Å²) in [6.45, 7) is 8.02. The van der Waals surface area contributed by atoms with Crippen LogP contribution < -0.4 is 0 Å². The van der Waals surface area contributed by atoms with Gasteiger partial charge in [0, 0.05) is 0 Å². The molecule has 0 saturated carbocycles. The maximum atomic E-state index is 13.1. The molecule has 1 aromatic rings. The highest BCUT2D eigenvalue weighted by Crippen LogP contribution is 2.23. The Hall–Kier alpha value is -0.850. The van der Waals surface area contributed by atoms with Gasteiger partial charge in [0.2, 0.25) is 0 Å². The zero-order chi connectivity index (χ0) is 9.35. The van der Waals surface area contributed by atoms with Crippen LogP contribution in [-0.4, -0.2) is 0 Å². The molecule has 0 nitrogen and oxygen atoms in total. The lowest BCUT2D eigenvalue weighted by Gasteiger charge is -2.19. The molecule has 1 aromatic carbocycles. The monoisotopic (exact) mass is 166 g/mol. The van der Waals surface area contributed by atoms with E-state index in [9.17, 15) is 4.39 Å². The Labute approximate surface area is 73.4 Å². The molecular weight excluding hydrogens is 151 g/mol. The van der Waals surface area contributed by atoms with Crippen molar-refractivity contribution in [3.8, 4) is 0 Å². The minimum absolute atomic E-state index is 0.0362. The second-order valence-electron chi connectivity index (χ2n) is 4.21. The molecule has 0 aliphatic carbocycles. The predicted molar refractivity (Wildman–Crippen MR) is 49.8 cm³/mol. The lowest BCUT2D eigenvalue weighted by atomic mass is 9.86. The zero-order valence-corrected chi connectivity index (χ0v) is 8.11. The molecule has 0 bridgehead atoms. The van der Waals surface area contributed by atoms with E-state index >= 15 is 0 Å². The first-order valence-corrected chi connectivity index (χ1v) is 4.18. The molecular formula is C11H15F. The van der Waals surface area contributed by atoms with Gasteiger partial charge in [-0.1, -0.05) is 32.9 Å². The van der Waals surface area contributed by atoms with Crippen LogP contribution in [0.2, 0.25) is 0 Å². The van der Waals surface area contributed by atoms with Crippen LogP contribution in [0.25, 0.3) is 0 Å². The van der Waals surface area contributed by atoms with Gasteiger partial charge in [-0.2, -0.15) is 0 Å². The van der Waals surface area contributed by atoms with Gasteiger partial charge in [0.1, 0.15) is 5.82 Å². The van der Waals surface area contributed by atoms with Crippen LogP contribution in [0, 0.1) is 12.7 Å². The van der Waals surface area contributed by atoms with E-state index in [2.05, 4.69) is 20.8 Å². The van der Waals surface area contributed by atoms with E-state index in [1.807, 2.05) is 12.1 Å². The molecule has 0 radical (unpaired) electrons. The molecule has 0 spiro atoms. The summed E-state index contributed by atoms with van der Waals surface area (Å²) in [5, 5.41) is 0. The van der Waals surface area contributed by atoms with E-state index in [0.29, 0.717) is 5.56 Å². The Morgan fingerprint density at radius 2 is 1.75 bits per heavy atom. The molecule has 0 amide bonds. The molecule has 0 N–H and O–H groups in total. The molecule has 0 unspecified atom stereocenters. The minimum Gasteiger partial charge on any atom is -0.207 e. The van der Waals surface area contributed by atoms with Crippen molar-refractivity contribution in [2.75, 3.05) is 0 Å². The predicted octanol–water partition coefficient (Wildman–Crippen LogP) is 3.43. The molecule has 0 aliphatic heterocycles. The highest BCUT2D eigenvalue weighted by molar-refractivity contribution is 5.28. The third-order valence-electron chi connectivity index (χ3n) is 2.04. The Morgan fingerprint density at radius 3 is 2.17 bits per heavy atom. The van der Waals surface area contributed by atoms with Crippen molar-refractivity contribution in [1.82, 2.24) is 0 Å². The fraction of sp³-hybridized carbons (Fsp3) is 0.455. The molecule has 0 atom stereocenters. The van der Waals surface area contributed by atoms with Crippen molar-refractivity contribution in [2.45, 2.75) is 33.1 Å². The fourth-order valence-corrected chi connectivity index (χ4v) is 1.06. The summed E-state index contributed by atoms with van der Waals surface area (Å²) >= 11 is 0. The van der Waals surface area contributed by atoms with Crippen molar-refractivity contribution in [1.29, 1.82) is 0 Å². The third kappa shape index (κ3) is 1.84. The van der Waals surface area contributed by atoms with Crippen molar-refractivity contribution in [3.63, 3.8) is 0 Å². The summed E-state index contributed by atoms with van der Waals surface area (Å²) in [6.07, 6.45) is 0. The van der Waals surface area contributed by atoms with Crippen LogP contribution in [0.3, 0.4) is 0 Å². The number of benzene rings is 1. The molecule has 0 fully saturated rings. The van der Waals surface area contributed by atoms with Crippen molar-refractivity contribution in [2.24, 2.45) is 0 Å². The Balaban J connectivity index is 3.14. The van der Waals surface area contributed by atoms with Gasteiger partial charge < -0.3 is 0 Å². The third-order valence-corrected chi connectivity index (χ3v) is 2.04. The zero-order valence-electron chi connectivity index (χ0n) is 8.11. The average molecular weight is 166 g/mol. The standard InChI is InChI=1S/C11H15F/c1-8-5-6-9(7-10(8)12)11(2,3)4/h5-7H,1-4H3. The van der Waals surface area contributed by atoms with Crippen LogP contribution >= 0.6 is 0 Å². The number of halogens is 1. The van der Waals surface area contributed by atoms with Crippen molar-refractivity contribution in [3.05, 3.63) is 35.1 Å². The Kier molecular flexibility index (Phi) is 2.22. The largest absolute Gasteiger partial charge is 0.207 e. The number of hydrogen-bond donors (Lipinski definition) is 0. The fourth-order valence-electron chi connectivity index (χ4n) is 1.06. The smallest absolute Gasteiger partial charge is 0.126 e. The van der Waals surface area contributed by atoms with E-state index in [4.69, 9.17) is 0 Å². The first kappa shape index (κ1) is 9.24. The van der Waals surface area contributed by atoms with Crippen LogP contribution in [-0.2, 0) is 5.41 Å². The van der Waals surface area contributed by atoms with Crippen LogP contribution in [0.5, 0.6) is 0 Å². The van der Waals surface area contributed by atoms with Gasteiger partial charge in [0.25, 0.3) is 0 Å². The van der Waals surface area contributed by atoms with Crippen molar-refractivity contribution < 1.29 is 4.39 Å². The van der Waals surface area contributed by atoms with E-state index in [0.717, 1.165) is 5.56 Å². The van der Waals surface area contributed by atoms with Crippen LogP contribution in [0.1, 0.15) is 31.9 Å². The molecule has 1 rings (SSSR count). The van der Waals surface area contributed by atoms with Gasteiger partial charge in [0.05, 0.1) is 0 Å². The van der Waals surface area contributed by atoms with E-state index in [-0.39, 0.29) is 11.2 Å². The first-order valence-electron chi connectivity index (χ1n) is 4.18. The van der Waals surface area contributed by atoms with Gasteiger partial charge in [-0.05, 0) is 29.5 Å². The SMILES string of the molecule is Cc1ccc(C(C)(C)C)cc1F. The quantitative estimate of drug-likeness (QED) is 0.554. The average Bonchev–Trinajstić information content (AvgIpc) is 1.92. The first-order chi connectivity index (χ1) is 5.41. The summed E-state index contributed by atoms with van der Waals surface area (Å²) in [4.78, 5) is 0. The number of hydrogen-bond acceptors (Lipinski definition) is 0. The summed E-state index contributed by atoms with van der Waals surface area (Å²) < 4.78 is 13.1. The highest BCUT2D eigenvalue weighted by atomic mass is 19.1. The second-order valence-corrected chi connectivity index (χ2v) is 4.21. The van der Waals surface area contributed by atoms with Gasteiger partial charge in [-0.15, -0.1) is 0 Å². The molecule has 12 heavy (non-hydrogen) atoms. The summed E-state index contributed by atoms with van der Waals surface area (Å²) in [7, 11) is 0. The maximum absolute atomic E-state index is 13.1. The number of rotatable bonds is 0. The van der Waals surface area contributed by atoms with Gasteiger partial charge in [-0.25, -0.2) is 4.39 Å². The summed E-state index contributed by atoms with van der Waals surface area (Å²) in [6, 6.07) is 5.43. The maximum Gasteiger partial charge on any atom is 0.126 e. The topological polar surface area (TPSA) is 0 Å². The molecule has 0 aromatic heterocycles. The Morgan fingerprint density at radius 1 is 1.17 bits per heavy atom. The number of aryl methyl sites for hydroxylation is 1. The highest BCUT2D eigenvalue weighted by Gasteiger charge is 2.14. The molecule has 0 aliphatic rings. The summed E-state index contributed by atoms with van der Waals surface area (Å²) in [5.74, 6) is -0.109. The van der Waals surface area contributed by atoms with Gasteiger partial charge >= 0.3 is 0 Å². The van der Waals surface area contributed by atoms with E-state index in [1.165, 1.54) is 0 Å². The molecule has 1 heteroatoms. The molecule has 0 saturated heterocycles. The molecule has 0 heterocycles. The van der Waals surface area contributed by atoms with E-state index < -0.39 is 0 Å². The van der Waals surface area contributed by atoms with Crippen molar-refractivity contribution >= 4 is 0 Å². The molecule has 66 valence electrons. The second kappa shape index (κ2) is 2.89. The Bertz CT molecular complexity index is 282. The minimum atomic E-state index is -0.109. The van der Waals surface area contributed by atoms with Gasteiger partial charge in [-0.3, -0.25) is 0 Å². The van der Waals surface area contributed by atoms with Crippen LogP contribution in [0.15, 0.2) is 18.2 Å². The van der Waals surface area contributed by atoms with Gasteiger partial charge in [0.15, 0.2) is 0 Å². The summed E-state index contributed by atoms with van der Waals surface area (Å²) in [5.41, 5.74) is 1.79. The lowest BCUT2D eigenvalue weighted by molar-refractivity contribution is 0.569. The van der Waals surface area contributed by atoms with E-state index in [1.54, 1.807) is 13.0 Å².